The molecule has 0 unspecified atom stereocenters. The third-order valence-electron chi connectivity index (χ3n) is 4.15. The predicted octanol–water partition coefficient (Wildman–Crippen LogP) is 5.44. The molecule has 0 radical (unpaired) electrons. The lowest BCUT2D eigenvalue weighted by Gasteiger charge is -2.26. The molecule has 0 aromatic heterocycles. The van der Waals surface area contributed by atoms with Crippen molar-refractivity contribution in [3.8, 4) is 0 Å². The minimum Gasteiger partial charge on any atom is -0.311 e. The molecule has 0 saturated heterocycles. The Morgan fingerprint density at radius 3 is 2.67 bits per heavy atom. The second kappa shape index (κ2) is 7.95. The van der Waals surface area contributed by atoms with Crippen molar-refractivity contribution in [2.24, 2.45) is 5.92 Å². The summed E-state index contributed by atoms with van der Waals surface area (Å²) in [6, 6.07) is 5.36. The summed E-state index contributed by atoms with van der Waals surface area (Å²) in [4.78, 5) is 0. The third kappa shape index (κ3) is 5.12. The Labute approximate surface area is 132 Å². The van der Waals surface area contributed by atoms with Gasteiger partial charge in [0, 0.05) is 23.2 Å². The smallest absolute Gasteiger partial charge is 0.131 e. The molecule has 3 heteroatoms. The van der Waals surface area contributed by atoms with Gasteiger partial charge in [-0.15, -0.1) is 0 Å². The van der Waals surface area contributed by atoms with Crippen LogP contribution in [0.1, 0.15) is 51.5 Å². The van der Waals surface area contributed by atoms with Gasteiger partial charge in [-0.3, -0.25) is 0 Å². The first-order valence-electron chi connectivity index (χ1n) is 7.95. The highest BCUT2D eigenvalue weighted by molar-refractivity contribution is 6.30. The van der Waals surface area contributed by atoms with E-state index in [0.29, 0.717) is 22.5 Å². The number of hydrogen-bond donors (Lipinski definition) is 1. The van der Waals surface area contributed by atoms with Crippen LogP contribution in [-0.4, -0.2) is 12.6 Å². The molecule has 2 rings (SSSR count). The summed E-state index contributed by atoms with van der Waals surface area (Å²) in [7, 11) is 0. The Bertz CT molecular complexity index is 490. The van der Waals surface area contributed by atoms with Gasteiger partial charge in [0.1, 0.15) is 5.82 Å². The van der Waals surface area contributed by atoms with Gasteiger partial charge in [-0.2, -0.15) is 0 Å². The van der Waals surface area contributed by atoms with Crippen molar-refractivity contribution < 1.29 is 4.39 Å². The number of rotatable bonds is 5. The van der Waals surface area contributed by atoms with Gasteiger partial charge in [0.25, 0.3) is 0 Å². The van der Waals surface area contributed by atoms with E-state index in [9.17, 15) is 4.39 Å². The van der Waals surface area contributed by atoms with E-state index < -0.39 is 0 Å². The molecule has 0 heterocycles. The molecule has 1 nitrogen and oxygen atoms in total. The van der Waals surface area contributed by atoms with Crippen molar-refractivity contribution in [1.29, 1.82) is 0 Å². The predicted molar refractivity (Wildman–Crippen MR) is 89.1 cm³/mol. The van der Waals surface area contributed by atoms with Crippen LogP contribution in [-0.2, 0) is 0 Å². The van der Waals surface area contributed by atoms with Crippen LogP contribution in [0.25, 0.3) is 6.08 Å². The van der Waals surface area contributed by atoms with E-state index in [1.165, 1.54) is 43.7 Å². The van der Waals surface area contributed by atoms with Crippen LogP contribution in [0.2, 0.25) is 5.02 Å². The summed E-state index contributed by atoms with van der Waals surface area (Å²) in [5.41, 5.74) is 1.97. The fraction of sp³-hybridized carbons (Fsp3) is 0.556. The first-order valence-corrected chi connectivity index (χ1v) is 8.33. The molecule has 1 N–H and O–H groups in total. The third-order valence-corrected chi connectivity index (χ3v) is 4.38. The molecule has 0 bridgehead atoms. The molecule has 0 atom stereocenters. The molecule has 1 aliphatic carbocycles. The quantitative estimate of drug-likeness (QED) is 0.763. The lowest BCUT2D eigenvalue weighted by molar-refractivity contribution is 0.394. The minimum absolute atomic E-state index is 0.236. The summed E-state index contributed by atoms with van der Waals surface area (Å²) in [6.45, 7) is 5.12. The number of hydrogen-bond acceptors (Lipinski definition) is 1. The Morgan fingerprint density at radius 1 is 1.33 bits per heavy atom. The summed E-state index contributed by atoms with van der Waals surface area (Å²) < 4.78 is 14.0. The first kappa shape index (κ1) is 16.5. The second-order valence-corrected chi connectivity index (χ2v) is 6.69. The van der Waals surface area contributed by atoms with Crippen LogP contribution in [0.4, 0.5) is 4.39 Å². The Kier molecular flexibility index (Phi) is 6.25. The Morgan fingerprint density at radius 2 is 2.05 bits per heavy atom. The van der Waals surface area contributed by atoms with Gasteiger partial charge in [-0.1, -0.05) is 62.4 Å². The van der Waals surface area contributed by atoms with Gasteiger partial charge >= 0.3 is 0 Å². The van der Waals surface area contributed by atoms with Gasteiger partial charge in [0.15, 0.2) is 0 Å². The zero-order valence-corrected chi connectivity index (χ0v) is 13.7. The molecule has 116 valence electrons. The maximum Gasteiger partial charge on any atom is 0.131 e. The highest BCUT2D eigenvalue weighted by atomic mass is 35.5. The Hall–Kier alpha value is -0.860. The monoisotopic (exact) mass is 309 g/mol. The zero-order valence-electron chi connectivity index (χ0n) is 13.0. The zero-order chi connectivity index (χ0) is 15.2. The van der Waals surface area contributed by atoms with E-state index >= 15 is 0 Å². The number of benzene rings is 1. The molecular weight excluding hydrogens is 285 g/mol. The standard InChI is InChI=1S/C18H25ClFN/c1-13(2)21-12-16(14-6-4-3-5-7-14)10-15-8-9-17(19)11-18(15)20/h8-11,13-14,21H,3-7,12H2,1-2H3/b16-10-. The van der Waals surface area contributed by atoms with E-state index in [4.69, 9.17) is 11.6 Å². The van der Waals surface area contributed by atoms with Crippen LogP contribution >= 0.6 is 11.6 Å². The molecular formula is C18H25ClFN. The molecule has 0 spiro atoms. The largest absolute Gasteiger partial charge is 0.311 e. The Balaban J connectivity index is 2.21. The molecule has 21 heavy (non-hydrogen) atoms. The van der Waals surface area contributed by atoms with Crippen LogP contribution in [0, 0.1) is 11.7 Å². The summed E-state index contributed by atoms with van der Waals surface area (Å²) >= 11 is 5.83. The minimum atomic E-state index is -0.236. The van der Waals surface area contributed by atoms with Crippen molar-refractivity contribution in [2.45, 2.75) is 52.0 Å². The lowest BCUT2D eigenvalue weighted by Crippen LogP contribution is -2.28. The van der Waals surface area contributed by atoms with Crippen LogP contribution in [0.3, 0.4) is 0 Å². The van der Waals surface area contributed by atoms with Gasteiger partial charge in [-0.05, 0) is 30.9 Å². The van der Waals surface area contributed by atoms with Crippen LogP contribution in [0.15, 0.2) is 23.8 Å². The number of halogens is 2. The molecule has 1 saturated carbocycles. The highest BCUT2D eigenvalue weighted by Gasteiger charge is 2.18. The molecule has 1 fully saturated rings. The van der Waals surface area contributed by atoms with Gasteiger partial charge < -0.3 is 5.32 Å². The van der Waals surface area contributed by atoms with Crippen LogP contribution in [0.5, 0.6) is 0 Å². The highest BCUT2D eigenvalue weighted by Crippen LogP contribution is 2.31. The number of nitrogens with one attached hydrogen (secondary N) is 1. The van der Waals surface area contributed by atoms with E-state index in [0.717, 1.165) is 6.54 Å². The second-order valence-electron chi connectivity index (χ2n) is 6.26. The average Bonchev–Trinajstić information content (AvgIpc) is 2.46. The van der Waals surface area contributed by atoms with Gasteiger partial charge in [0.2, 0.25) is 0 Å². The topological polar surface area (TPSA) is 12.0 Å². The van der Waals surface area contributed by atoms with Crippen molar-refractivity contribution in [1.82, 2.24) is 5.32 Å². The van der Waals surface area contributed by atoms with E-state index in [1.807, 2.05) is 6.08 Å². The molecule has 1 aromatic rings. The molecule has 0 aliphatic heterocycles. The fourth-order valence-electron chi connectivity index (χ4n) is 2.93. The van der Waals surface area contributed by atoms with Crippen molar-refractivity contribution >= 4 is 17.7 Å². The van der Waals surface area contributed by atoms with Crippen molar-refractivity contribution in [3.63, 3.8) is 0 Å². The molecule has 1 aromatic carbocycles. The fourth-order valence-corrected chi connectivity index (χ4v) is 3.09. The van der Waals surface area contributed by atoms with E-state index in [1.54, 1.807) is 12.1 Å². The molecule has 0 amide bonds. The van der Waals surface area contributed by atoms with Crippen LogP contribution < -0.4 is 5.32 Å². The van der Waals surface area contributed by atoms with Crippen molar-refractivity contribution in [2.75, 3.05) is 6.54 Å². The van der Waals surface area contributed by atoms with Crippen molar-refractivity contribution in [3.05, 3.63) is 40.2 Å². The summed E-state index contributed by atoms with van der Waals surface area (Å²) in [5, 5.41) is 3.93. The van der Waals surface area contributed by atoms with E-state index in [2.05, 4.69) is 19.2 Å². The normalized spacial score (nSPS) is 17.5. The maximum atomic E-state index is 14.0. The average molecular weight is 310 g/mol. The van der Waals surface area contributed by atoms with E-state index in [-0.39, 0.29) is 5.82 Å². The maximum absolute atomic E-state index is 14.0. The lowest BCUT2D eigenvalue weighted by atomic mass is 9.83. The summed E-state index contributed by atoms with van der Waals surface area (Å²) in [6.07, 6.45) is 8.37. The molecule has 1 aliphatic rings. The first-order chi connectivity index (χ1) is 10.1. The van der Waals surface area contributed by atoms with Gasteiger partial charge in [-0.25, -0.2) is 4.39 Å². The van der Waals surface area contributed by atoms with Gasteiger partial charge in [0.05, 0.1) is 0 Å². The summed E-state index contributed by atoms with van der Waals surface area (Å²) in [5.74, 6) is 0.348. The SMILES string of the molecule is CC(C)NC/C(=C/c1ccc(Cl)cc1F)C1CCCCC1.